The van der Waals surface area contributed by atoms with Gasteiger partial charge in [0.15, 0.2) is 0 Å². The van der Waals surface area contributed by atoms with Gasteiger partial charge in [0.05, 0.1) is 6.54 Å². The van der Waals surface area contributed by atoms with Crippen LogP contribution >= 0.6 is 0 Å². The molecule has 1 saturated carbocycles. The third kappa shape index (κ3) is 5.47. The van der Waals surface area contributed by atoms with Gasteiger partial charge in [0.25, 0.3) is 0 Å². The number of nitrogens with zero attached hydrogens (tertiary/aromatic N) is 2. The Kier molecular flexibility index (Phi) is 6.94. The number of hydrogen-bond donors (Lipinski definition) is 2. The van der Waals surface area contributed by atoms with E-state index in [0.29, 0.717) is 25.7 Å². The Labute approximate surface area is 168 Å². The predicted octanol–water partition coefficient (Wildman–Crippen LogP) is 3.15. The summed E-state index contributed by atoms with van der Waals surface area (Å²) in [5.41, 5.74) is 3.06. The number of urea groups is 1. The van der Waals surface area contributed by atoms with E-state index in [-0.39, 0.29) is 11.9 Å². The van der Waals surface area contributed by atoms with Gasteiger partial charge < -0.3 is 15.5 Å². The molecule has 6 heteroatoms. The topological polar surface area (TPSA) is 64.7 Å². The van der Waals surface area contributed by atoms with Gasteiger partial charge in [-0.3, -0.25) is 9.69 Å². The number of amides is 3. The van der Waals surface area contributed by atoms with Crippen molar-refractivity contribution in [2.45, 2.75) is 52.5 Å². The van der Waals surface area contributed by atoms with Crippen molar-refractivity contribution in [1.82, 2.24) is 15.1 Å². The van der Waals surface area contributed by atoms with Crippen LogP contribution in [0, 0.1) is 19.8 Å². The van der Waals surface area contributed by atoms with E-state index in [4.69, 9.17) is 0 Å². The molecule has 1 aliphatic heterocycles. The molecule has 2 fully saturated rings. The highest BCUT2D eigenvalue weighted by Crippen LogP contribution is 2.23. The molecule has 1 aromatic carbocycles. The summed E-state index contributed by atoms with van der Waals surface area (Å²) in [6.45, 7) is 9.47. The maximum atomic E-state index is 12.5. The van der Waals surface area contributed by atoms with Gasteiger partial charge in [-0.05, 0) is 56.6 Å². The van der Waals surface area contributed by atoms with Crippen molar-refractivity contribution in [3.8, 4) is 0 Å². The van der Waals surface area contributed by atoms with E-state index in [1.54, 1.807) is 0 Å². The fraction of sp³-hybridized carbons (Fsp3) is 0.636. The molecule has 0 atom stereocenters. The van der Waals surface area contributed by atoms with Crippen LogP contribution in [0.25, 0.3) is 0 Å². The molecular weight excluding hydrogens is 352 g/mol. The minimum absolute atomic E-state index is 0.00614. The van der Waals surface area contributed by atoms with Crippen molar-refractivity contribution < 1.29 is 9.59 Å². The van der Waals surface area contributed by atoms with Gasteiger partial charge in [-0.1, -0.05) is 25.1 Å². The maximum absolute atomic E-state index is 12.5. The largest absolute Gasteiger partial charge is 0.335 e. The van der Waals surface area contributed by atoms with E-state index in [2.05, 4.69) is 22.5 Å². The Morgan fingerprint density at radius 3 is 2.21 bits per heavy atom. The fourth-order valence-electron chi connectivity index (χ4n) is 4.17. The molecule has 1 heterocycles. The van der Waals surface area contributed by atoms with Gasteiger partial charge in [0.2, 0.25) is 5.91 Å². The number of anilines is 1. The molecule has 0 unspecified atom stereocenters. The Balaban J connectivity index is 1.41. The number of benzene rings is 1. The van der Waals surface area contributed by atoms with Crippen molar-refractivity contribution in [1.29, 1.82) is 0 Å². The third-order valence-corrected chi connectivity index (χ3v) is 6.12. The van der Waals surface area contributed by atoms with Crippen LogP contribution in [0.1, 0.15) is 43.7 Å². The first kappa shape index (κ1) is 20.6. The van der Waals surface area contributed by atoms with Crippen LogP contribution < -0.4 is 10.6 Å². The standard InChI is InChI=1S/C22H34N4O2/c1-16-7-9-19(10-8-16)23-22(28)26-13-11-25(12-14-26)15-20(27)24-21-17(2)5-4-6-18(21)3/h4-6,16,19H,7-15H2,1-3H3,(H,23,28)(H,24,27). The van der Waals surface area contributed by atoms with Crippen molar-refractivity contribution >= 4 is 17.6 Å². The summed E-state index contributed by atoms with van der Waals surface area (Å²) < 4.78 is 0. The molecular formula is C22H34N4O2. The monoisotopic (exact) mass is 386 g/mol. The van der Waals surface area contributed by atoms with Crippen molar-refractivity contribution in [2.24, 2.45) is 5.92 Å². The van der Waals surface area contributed by atoms with E-state index in [0.717, 1.165) is 48.7 Å². The molecule has 1 aromatic rings. The second-order valence-electron chi connectivity index (χ2n) is 8.48. The van der Waals surface area contributed by atoms with Gasteiger partial charge in [-0.15, -0.1) is 0 Å². The number of piperazine rings is 1. The van der Waals surface area contributed by atoms with E-state index >= 15 is 0 Å². The summed E-state index contributed by atoms with van der Waals surface area (Å²) in [5, 5.41) is 6.24. The lowest BCUT2D eigenvalue weighted by atomic mass is 9.87. The van der Waals surface area contributed by atoms with Gasteiger partial charge in [0, 0.05) is 37.9 Å². The number of hydrogen-bond acceptors (Lipinski definition) is 3. The lowest BCUT2D eigenvalue weighted by Gasteiger charge is -2.36. The van der Waals surface area contributed by atoms with Crippen molar-refractivity contribution in [3.63, 3.8) is 0 Å². The number of para-hydroxylation sites is 1. The van der Waals surface area contributed by atoms with Crippen LogP contribution in [-0.4, -0.2) is 60.5 Å². The number of nitrogens with one attached hydrogen (secondary N) is 2. The smallest absolute Gasteiger partial charge is 0.317 e. The van der Waals surface area contributed by atoms with Crippen LogP contribution in [0.3, 0.4) is 0 Å². The summed E-state index contributed by atoms with van der Waals surface area (Å²) in [6, 6.07) is 6.39. The van der Waals surface area contributed by atoms with Crippen LogP contribution in [0.2, 0.25) is 0 Å². The molecule has 1 saturated heterocycles. The summed E-state index contributed by atoms with van der Waals surface area (Å²) in [5.74, 6) is 0.790. The van der Waals surface area contributed by atoms with E-state index < -0.39 is 0 Å². The van der Waals surface area contributed by atoms with E-state index in [1.165, 1.54) is 12.8 Å². The first-order valence-corrected chi connectivity index (χ1v) is 10.6. The lowest BCUT2D eigenvalue weighted by Crippen LogP contribution is -2.54. The Morgan fingerprint density at radius 2 is 1.61 bits per heavy atom. The number of carbonyl (C=O) groups excluding carboxylic acids is 2. The first-order valence-electron chi connectivity index (χ1n) is 10.6. The molecule has 3 rings (SSSR count). The molecule has 1 aliphatic carbocycles. The highest BCUT2D eigenvalue weighted by atomic mass is 16.2. The zero-order valence-electron chi connectivity index (χ0n) is 17.5. The van der Waals surface area contributed by atoms with Crippen LogP contribution in [-0.2, 0) is 4.79 Å². The second-order valence-corrected chi connectivity index (χ2v) is 8.48. The van der Waals surface area contributed by atoms with Crippen molar-refractivity contribution in [3.05, 3.63) is 29.3 Å². The van der Waals surface area contributed by atoms with Crippen LogP contribution in [0.15, 0.2) is 18.2 Å². The average Bonchev–Trinajstić information content (AvgIpc) is 2.67. The number of carbonyl (C=O) groups is 2. The number of rotatable bonds is 4. The third-order valence-electron chi connectivity index (χ3n) is 6.12. The average molecular weight is 387 g/mol. The molecule has 28 heavy (non-hydrogen) atoms. The summed E-state index contributed by atoms with van der Waals surface area (Å²) >= 11 is 0. The quantitative estimate of drug-likeness (QED) is 0.835. The van der Waals surface area contributed by atoms with Crippen LogP contribution in [0.4, 0.5) is 10.5 Å². The molecule has 154 valence electrons. The summed E-state index contributed by atoms with van der Waals surface area (Å²) in [6.07, 6.45) is 4.58. The minimum atomic E-state index is 0.00614. The molecule has 0 bridgehead atoms. The van der Waals surface area contributed by atoms with Gasteiger partial charge in [-0.25, -0.2) is 4.79 Å². The Hall–Kier alpha value is -2.08. The van der Waals surface area contributed by atoms with Gasteiger partial charge in [-0.2, -0.15) is 0 Å². The van der Waals surface area contributed by atoms with Crippen molar-refractivity contribution in [2.75, 3.05) is 38.0 Å². The maximum Gasteiger partial charge on any atom is 0.317 e. The van der Waals surface area contributed by atoms with Gasteiger partial charge in [0.1, 0.15) is 0 Å². The number of aryl methyl sites for hydroxylation is 2. The molecule has 3 amide bonds. The summed E-state index contributed by atoms with van der Waals surface area (Å²) in [7, 11) is 0. The van der Waals surface area contributed by atoms with E-state index in [9.17, 15) is 9.59 Å². The summed E-state index contributed by atoms with van der Waals surface area (Å²) in [4.78, 5) is 29.0. The second kappa shape index (κ2) is 9.41. The highest BCUT2D eigenvalue weighted by molar-refractivity contribution is 5.93. The molecule has 2 aliphatic rings. The first-order chi connectivity index (χ1) is 13.4. The molecule has 0 aromatic heterocycles. The molecule has 6 nitrogen and oxygen atoms in total. The SMILES string of the molecule is Cc1cccc(C)c1NC(=O)CN1CCN(C(=O)NC2CCC(C)CC2)CC1. The lowest BCUT2D eigenvalue weighted by molar-refractivity contribution is -0.117. The predicted molar refractivity (Wildman–Crippen MR) is 113 cm³/mol. The minimum Gasteiger partial charge on any atom is -0.335 e. The van der Waals surface area contributed by atoms with E-state index in [1.807, 2.05) is 36.9 Å². The Morgan fingerprint density at radius 1 is 1.00 bits per heavy atom. The zero-order chi connectivity index (χ0) is 20.1. The molecule has 2 N–H and O–H groups in total. The molecule has 0 radical (unpaired) electrons. The zero-order valence-corrected chi connectivity index (χ0v) is 17.5. The normalized spacial score (nSPS) is 23.3. The highest BCUT2D eigenvalue weighted by Gasteiger charge is 2.25. The van der Waals surface area contributed by atoms with Crippen LogP contribution in [0.5, 0.6) is 0 Å². The Bertz CT molecular complexity index is 670. The fourth-order valence-corrected chi connectivity index (χ4v) is 4.17. The molecule has 0 spiro atoms. The van der Waals surface area contributed by atoms with Gasteiger partial charge >= 0.3 is 6.03 Å².